The third-order valence-electron chi connectivity index (χ3n) is 3.35. The van der Waals surface area contributed by atoms with E-state index in [0.29, 0.717) is 13.1 Å². The van der Waals surface area contributed by atoms with E-state index in [4.69, 9.17) is 5.11 Å². The van der Waals surface area contributed by atoms with Crippen molar-refractivity contribution in [3.8, 4) is 0 Å². The van der Waals surface area contributed by atoms with Crippen LogP contribution >= 0.6 is 0 Å². The van der Waals surface area contributed by atoms with Crippen LogP contribution < -0.4 is 5.32 Å². The highest BCUT2D eigenvalue weighted by Gasteiger charge is 2.18. The summed E-state index contributed by atoms with van der Waals surface area (Å²) in [6, 6.07) is 16.8. The number of benzene rings is 2. The van der Waals surface area contributed by atoms with Crippen LogP contribution in [-0.2, 0) is 17.9 Å². The summed E-state index contributed by atoms with van der Waals surface area (Å²) in [5.41, 5.74) is 2.67. The number of carbonyl (C=O) groups is 1. The zero-order chi connectivity index (χ0) is 15.1. The Hall–Kier alpha value is -2.17. The summed E-state index contributed by atoms with van der Waals surface area (Å²) in [5, 5.41) is 21.6. The van der Waals surface area contributed by atoms with Crippen LogP contribution in [0.2, 0.25) is 0 Å². The molecule has 4 heteroatoms. The molecule has 2 aromatic carbocycles. The lowest BCUT2D eigenvalue weighted by Gasteiger charge is -2.14. The SMILES string of the molecule is O=C(O)C(CNCc1cccc(CO)c1)c1ccccc1. The Morgan fingerprint density at radius 1 is 1.05 bits per heavy atom. The fraction of sp³-hybridized carbons (Fsp3) is 0.235. The fourth-order valence-electron chi connectivity index (χ4n) is 2.23. The van der Waals surface area contributed by atoms with E-state index in [-0.39, 0.29) is 6.61 Å². The van der Waals surface area contributed by atoms with Gasteiger partial charge in [-0.15, -0.1) is 0 Å². The minimum absolute atomic E-state index is 0.00953. The largest absolute Gasteiger partial charge is 0.481 e. The molecular formula is C17H19NO3. The molecule has 0 aliphatic carbocycles. The number of hydrogen-bond acceptors (Lipinski definition) is 3. The third-order valence-corrected chi connectivity index (χ3v) is 3.35. The number of rotatable bonds is 7. The Morgan fingerprint density at radius 2 is 1.76 bits per heavy atom. The van der Waals surface area contributed by atoms with Gasteiger partial charge >= 0.3 is 5.97 Å². The summed E-state index contributed by atoms with van der Waals surface area (Å²) < 4.78 is 0. The molecule has 4 nitrogen and oxygen atoms in total. The van der Waals surface area contributed by atoms with E-state index in [0.717, 1.165) is 16.7 Å². The van der Waals surface area contributed by atoms with Crippen molar-refractivity contribution < 1.29 is 15.0 Å². The predicted octanol–water partition coefficient (Wildman–Crippen LogP) is 2.14. The van der Waals surface area contributed by atoms with Crippen molar-refractivity contribution in [3.63, 3.8) is 0 Å². The van der Waals surface area contributed by atoms with Crippen LogP contribution in [0.25, 0.3) is 0 Å². The topological polar surface area (TPSA) is 69.6 Å². The van der Waals surface area contributed by atoms with Crippen LogP contribution in [-0.4, -0.2) is 22.7 Å². The van der Waals surface area contributed by atoms with Crippen molar-refractivity contribution in [1.82, 2.24) is 5.32 Å². The molecule has 110 valence electrons. The van der Waals surface area contributed by atoms with Crippen molar-refractivity contribution in [2.45, 2.75) is 19.1 Å². The highest BCUT2D eigenvalue weighted by atomic mass is 16.4. The number of aliphatic hydroxyl groups excluding tert-OH is 1. The van der Waals surface area contributed by atoms with Crippen LogP contribution in [0.15, 0.2) is 54.6 Å². The summed E-state index contributed by atoms with van der Waals surface area (Å²) in [7, 11) is 0. The minimum atomic E-state index is -0.835. The monoisotopic (exact) mass is 285 g/mol. The summed E-state index contributed by atoms with van der Waals surface area (Å²) in [4.78, 5) is 11.4. The standard InChI is InChI=1S/C17H19NO3/c19-12-14-6-4-5-13(9-14)10-18-11-16(17(20)21)15-7-2-1-3-8-15/h1-9,16,18-19H,10-12H2,(H,20,21). The highest BCUT2D eigenvalue weighted by Crippen LogP contribution is 2.15. The smallest absolute Gasteiger partial charge is 0.312 e. The average Bonchev–Trinajstić information content (AvgIpc) is 2.52. The van der Waals surface area contributed by atoms with Crippen LogP contribution in [0.1, 0.15) is 22.6 Å². The first-order valence-electron chi connectivity index (χ1n) is 6.88. The second-order valence-electron chi connectivity index (χ2n) is 4.91. The van der Waals surface area contributed by atoms with Crippen molar-refractivity contribution in [2.75, 3.05) is 6.54 Å². The van der Waals surface area contributed by atoms with E-state index in [1.54, 1.807) is 0 Å². The third kappa shape index (κ3) is 4.41. The Morgan fingerprint density at radius 3 is 2.43 bits per heavy atom. The maximum Gasteiger partial charge on any atom is 0.312 e. The van der Waals surface area contributed by atoms with Crippen molar-refractivity contribution in [1.29, 1.82) is 0 Å². The van der Waals surface area contributed by atoms with E-state index >= 15 is 0 Å². The molecule has 1 unspecified atom stereocenters. The quantitative estimate of drug-likeness (QED) is 0.729. The lowest BCUT2D eigenvalue weighted by Crippen LogP contribution is -2.26. The molecule has 0 radical (unpaired) electrons. The molecule has 3 N–H and O–H groups in total. The Bertz CT molecular complexity index is 584. The van der Waals surface area contributed by atoms with E-state index in [2.05, 4.69) is 5.32 Å². The maximum atomic E-state index is 11.4. The van der Waals surface area contributed by atoms with Gasteiger partial charge in [-0.3, -0.25) is 4.79 Å². The van der Waals surface area contributed by atoms with Crippen LogP contribution in [0.3, 0.4) is 0 Å². The molecule has 0 amide bonds. The first-order valence-corrected chi connectivity index (χ1v) is 6.88. The molecule has 2 rings (SSSR count). The molecule has 0 fully saturated rings. The maximum absolute atomic E-state index is 11.4. The molecule has 0 heterocycles. The van der Waals surface area contributed by atoms with Gasteiger partial charge in [0.15, 0.2) is 0 Å². The lowest BCUT2D eigenvalue weighted by atomic mass is 9.99. The van der Waals surface area contributed by atoms with E-state index in [1.165, 1.54) is 0 Å². The van der Waals surface area contributed by atoms with Gasteiger partial charge in [0.1, 0.15) is 0 Å². The summed E-state index contributed by atoms with van der Waals surface area (Å²) >= 11 is 0. The molecule has 0 aliphatic rings. The molecular weight excluding hydrogens is 266 g/mol. The van der Waals surface area contributed by atoms with Gasteiger partial charge in [-0.1, -0.05) is 54.6 Å². The second kappa shape index (κ2) is 7.57. The molecule has 0 saturated carbocycles. The fourth-order valence-corrected chi connectivity index (χ4v) is 2.23. The van der Waals surface area contributed by atoms with Gasteiger partial charge in [0.25, 0.3) is 0 Å². The van der Waals surface area contributed by atoms with Crippen LogP contribution in [0, 0.1) is 0 Å². The minimum Gasteiger partial charge on any atom is -0.481 e. The molecule has 0 aromatic heterocycles. The number of hydrogen-bond donors (Lipinski definition) is 3. The zero-order valence-corrected chi connectivity index (χ0v) is 11.7. The van der Waals surface area contributed by atoms with Gasteiger partial charge in [0.2, 0.25) is 0 Å². The molecule has 21 heavy (non-hydrogen) atoms. The predicted molar refractivity (Wildman–Crippen MR) is 80.9 cm³/mol. The van der Waals surface area contributed by atoms with E-state index in [9.17, 15) is 9.90 Å². The second-order valence-corrected chi connectivity index (χ2v) is 4.91. The van der Waals surface area contributed by atoms with Gasteiger partial charge in [0, 0.05) is 13.1 Å². The van der Waals surface area contributed by atoms with Crippen LogP contribution in [0.4, 0.5) is 0 Å². The molecule has 0 saturated heterocycles. The first kappa shape index (κ1) is 15.2. The van der Waals surface area contributed by atoms with E-state index in [1.807, 2.05) is 54.6 Å². The summed E-state index contributed by atoms with van der Waals surface area (Å²) in [5.74, 6) is -1.40. The number of carboxylic acids is 1. The van der Waals surface area contributed by atoms with Crippen molar-refractivity contribution in [2.24, 2.45) is 0 Å². The van der Waals surface area contributed by atoms with Crippen molar-refractivity contribution in [3.05, 3.63) is 71.3 Å². The first-order chi connectivity index (χ1) is 10.2. The number of nitrogens with one attached hydrogen (secondary N) is 1. The zero-order valence-electron chi connectivity index (χ0n) is 11.7. The molecule has 0 aliphatic heterocycles. The average molecular weight is 285 g/mol. The number of aliphatic carboxylic acids is 1. The molecule has 0 bridgehead atoms. The van der Waals surface area contributed by atoms with Gasteiger partial charge < -0.3 is 15.5 Å². The Balaban J connectivity index is 1.95. The Kier molecular flexibility index (Phi) is 5.49. The highest BCUT2D eigenvalue weighted by molar-refractivity contribution is 5.76. The van der Waals surface area contributed by atoms with E-state index < -0.39 is 11.9 Å². The van der Waals surface area contributed by atoms with Gasteiger partial charge in [-0.25, -0.2) is 0 Å². The Labute approximate surface area is 124 Å². The molecule has 1 atom stereocenters. The number of carboxylic acid groups (broad SMARTS) is 1. The molecule has 0 spiro atoms. The summed E-state index contributed by atoms with van der Waals surface area (Å²) in [6.45, 7) is 0.947. The van der Waals surface area contributed by atoms with Crippen LogP contribution in [0.5, 0.6) is 0 Å². The summed E-state index contributed by atoms with van der Waals surface area (Å²) in [6.07, 6.45) is 0. The number of aliphatic hydroxyl groups is 1. The normalized spacial score (nSPS) is 12.0. The van der Waals surface area contributed by atoms with Crippen molar-refractivity contribution >= 4 is 5.97 Å². The van der Waals surface area contributed by atoms with Gasteiger partial charge in [-0.2, -0.15) is 0 Å². The molecule has 2 aromatic rings. The lowest BCUT2D eigenvalue weighted by molar-refractivity contribution is -0.138. The van der Waals surface area contributed by atoms with Gasteiger partial charge in [0.05, 0.1) is 12.5 Å². The van der Waals surface area contributed by atoms with Gasteiger partial charge in [-0.05, 0) is 16.7 Å².